The van der Waals surface area contributed by atoms with Crippen molar-refractivity contribution in [2.45, 2.75) is 33.1 Å². The maximum Gasteiger partial charge on any atom is 0.643 e. The fourth-order valence-corrected chi connectivity index (χ4v) is 1.14. The topological polar surface area (TPSA) is 0 Å². The van der Waals surface area contributed by atoms with Crippen molar-refractivity contribution < 1.29 is 0 Å². The van der Waals surface area contributed by atoms with Gasteiger partial charge in [-0.1, -0.05) is 43.2 Å². The van der Waals surface area contributed by atoms with Crippen LogP contribution in [0.25, 0.3) is 0 Å². The minimum absolute atomic E-state index is 1.23. The molecule has 0 nitrogen and oxygen atoms in total. The first-order chi connectivity index (χ1) is 7.06. The molecule has 0 saturated heterocycles. The summed E-state index contributed by atoms with van der Waals surface area (Å²) in [7, 11) is 14.8. The highest BCUT2D eigenvalue weighted by atomic mass is 35.8. The van der Waals surface area contributed by atoms with E-state index in [0.29, 0.717) is 0 Å². The summed E-state index contributed by atoms with van der Waals surface area (Å²) in [5.41, 5.74) is 2.82. The first-order valence-corrected chi connectivity index (χ1v) is 10.3. The highest BCUT2D eigenvalue weighted by molar-refractivity contribution is 7.54. The van der Waals surface area contributed by atoms with Crippen LogP contribution in [0.2, 0.25) is 0 Å². The Kier molecular flexibility index (Phi) is 10.2. The van der Waals surface area contributed by atoms with Crippen LogP contribution in [0, 0.1) is 6.92 Å². The SMILES string of the molecule is CCCCc1ccc(C)cc1.[Cl][Al]([Cl])[Cl]. The molecule has 0 aliphatic carbocycles. The monoisotopic (exact) mass is 280 g/mol. The van der Waals surface area contributed by atoms with Crippen molar-refractivity contribution in [3.63, 3.8) is 0 Å². The van der Waals surface area contributed by atoms with E-state index >= 15 is 0 Å². The number of hydrogen-bond acceptors (Lipinski definition) is 0. The van der Waals surface area contributed by atoms with Crippen LogP contribution in [0.4, 0.5) is 0 Å². The Balaban J connectivity index is 0.000000423. The van der Waals surface area contributed by atoms with Crippen molar-refractivity contribution in [3.8, 4) is 0 Å². The predicted molar refractivity (Wildman–Crippen MR) is 73.1 cm³/mol. The third-order valence-electron chi connectivity index (χ3n) is 1.94. The van der Waals surface area contributed by atoms with Crippen LogP contribution in [-0.4, -0.2) is 11.4 Å². The maximum absolute atomic E-state index is 4.94. The van der Waals surface area contributed by atoms with Crippen LogP contribution in [0.5, 0.6) is 0 Å². The van der Waals surface area contributed by atoms with Gasteiger partial charge in [-0.05, 0) is 25.3 Å². The zero-order valence-electron chi connectivity index (χ0n) is 9.14. The second-order valence-electron chi connectivity index (χ2n) is 3.34. The normalized spacial score (nSPS) is 9.13. The first-order valence-electron chi connectivity index (χ1n) is 5.04. The van der Waals surface area contributed by atoms with Crippen LogP contribution in [-0.2, 0) is 6.42 Å². The van der Waals surface area contributed by atoms with Gasteiger partial charge in [-0.3, -0.25) is 0 Å². The molecule has 0 aromatic heterocycles. The molecule has 0 heterocycles. The second-order valence-corrected chi connectivity index (χ2v) is 9.77. The van der Waals surface area contributed by atoms with E-state index in [1.54, 1.807) is 0 Å². The standard InChI is InChI=1S/C11H16.Al.3ClH/c1-3-4-5-11-8-6-10(2)7-9-11;;;;/h6-9H,3-5H2,1-2H3;;3*1H/q;+3;;;/p-3. The van der Waals surface area contributed by atoms with Crippen LogP contribution < -0.4 is 0 Å². The quantitative estimate of drug-likeness (QED) is 0.682. The lowest BCUT2D eigenvalue weighted by Gasteiger charge is -1.99. The fourth-order valence-electron chi connectivity index (χ4n) is 1.14. The van der Waals surface area contributed by atoms with Gasteiger partial charge in [-0.25, -0.2) is 30.1 Å². The molecule has 0 aliphatic rings. The molecular weight excluding hydrogens is 265 g/mol. The third kappa shape index (κ3) is 10.9. The van der Waals surface area contributed by atoms with E-state index in [-0.39, 0.29) is 0 Å². The van der Waals surface area contributed by atoms with Gasteiger partial charge < -0.3 is 0 Å². The summed E-state index contributed by atoms with van der Waals surface area (Å²) < 4.78 is 0. The molecule has 0 atom stereocenters. The highest BCUT2D eigenvalue weighted by Gasteiger charge is 2.00. The number of unbranched alkanes of at least 4 members (excludes halogenated alkanes) is 1. The number of aryl methyl sites for hydroxylation is 2. The minimum Gasteiger partial charge on any atom is -0.214 e. The zero-order valence-corrected chi connectivity index (χ0v) is 12.6. The van der Waals surface area contributed by atoms with Gasteiger partial charge in [0.05, 0.1) is 0 Å². The molecular formula is C11H16AlCl3. The van der Waals surface area contributed by atoms with E-state index in [1.165, 1.54) is 30.4 Å². The summed E-state index contributed by atoms with van der Waals surface area (Å²) >= 11 is -1.72. The van der Waals surface area contributed by atoms with E-state index in [1.807, 2.05) is 0 Å². The molecule has 84 valence electrons. The Labute approximate surface area is 110 Å². The molecule has 15 heavy (non-hydrogen) atoms. The predicted octanol–water partition coefficient (Wildman–Crippen LogP) is 5.03. The summed E-state index contributed by atoms with van der Waals surface area (Å²) in [5.74, 6) is 0. The van der Waals surface area contributed by atoms with Crippen molar-refractivity contribution in [1.29, 1.82) is 0 Å². The Morgan fingerprint density at radius 2 is 1.53 bits per heavy atom. The van der Waals surface area contributed by atoms with Crippen molar-refractivity contribution in [3.05, 3.63) is 35.4 Å². The molecule has 0 saturated carbocycles. The Hall–Kier alpha value is 0.622. The molecule has 0 bridgehead atoms. The van der Waals surface area contributed by atoms with Crippen molar-refractivity contribution in [2.75, 3.05) is 0 Å². The lowest BCUT2D eigenvalue weighted by atomic mass is 10.1. The van der Waals surface area contributed by atoms with Gasteiger partial charge in [0.25, 0.3) is 0 Å². The van der Waals surface area contributed by atoms with Gasteiger partial charge in [-0.2, -0.15) is 0 Å². The van der Waals surface area contributed by atoms with Crippen molar-refractivity contribution >= 4 is 41.5 Å². The lowest BCUT2D eigenvalue weighted by molar-refractivity contribution is 0.795. The summed E-state index contributed by atoms with van der Waals surface area (Å²) in [4.78, 5) is 0. The molecule has 4 heteroatoms. The molecule has 0 unspecified atom stereocenters. The molecule has 0 fully saturated rings. The van der Waals surface area contributed by atoms with Crippen LogP contribution in [0.3, 0.4) is 0 Å². The molecule has 0 N–H and O–H groups in total. The smallest absolute Gasteiger partial charge is 0.214 e. The Bertz CT molecular complexity index is 244. The minimum atomic E-state index is -1.72. The van der Waals surface area contributed by atoms with Gasteiger partial charge in [0.1, 0.15) is 0 Å². The van der Waals surface area contributed by atoms with Gasteiger partial charge >= 0.3 is 11.4 Å². The van der Waals surface area contributed by atoms with Crippen LogP contribution in [0.15, 0.2) is 24.3 Å². The van der Waals surface area contributed by atoms with E-state index in [2.05, 4.69) is 38.1 Å². The van der Waals surface area contributed by atoms with E-state index in [0.717, 1.165) is 0 Å². The molecule has 1 aromatic rings. The molecule has 1 aromatic carbocycles. The number of halogens is 3. The fraction of sp³-hybridized carbons (Fsp3) is 0.455. The van der Waals surface area contributed by atoms with Crippen molar-refractivity contribution in [1.82, 2.24) is 0 Å². The Morgan fingerprint density at radius 1 is 1.07 bits per heavy atom. The van der Waals surface area contributed by atoms with E-state index in [4.69, 9.17) is 30.1 Å². The molecule has 0 aliphatic heterocycles. The van der Waals surface area contributed by atoms with Crippen LogP contribution >= 0.6 is 30.1 Å². The van der Waals surface area contributed by atoms with Crippen LogP contribution in [0.1, 0.15) is 30.9 Å². The van der Waals surface area contributed by atoms with Gasteiger partial charge in [0.15, 0.2) is 0 Å². The average molecular weight is 282 g/mol. The van der Waals surface area contributed by atoms with E-state index in [9.17, 15) is 0 Å². The third-order valence-corrected chi connectivity index (χ3v) is 1.94. The van der Waals surface area contributed by atoms with Gasteiger partial charge in [0.2, 0.25) is 0 Å². The molecule has 1 rings (SSSR count). The number of rotatable bonds is 3. The van der Waals surface area contributed by atoms with Gasteiger partial charge in [-0.15, -0.1) is 0 Å². The summed E-state index contributed by atoms with van der Waals surface area (Å²) in [6.07, 6.45) is 3.83. The van der Waals surface area contributed by atoms with Crippen molar-refractivity contribution in [2.24, 2.45) is 0 Å². The first kappa shape index (κ1) is 15.6. The summed E-state index contributed by atoms with van der Waals surface area (Å²) in [6, 6.07) is 8.83. The summed E-state index contributed by atoms with van der Waals surface area (Å²) in [5, 5.41) is 0. The zero-order chi connectivity index (χ0) is 11.7. The largest absolute Gasteiger partial charge is 0.643 e. The molecule has 0 amide bonds. The molecule has 0 radical (unpaired) electrons. The molecule has 0 spiro atoms. The lowest BCUT2D eigenvalue weighted by Crippen LogP contribution is -1.83. The maximum atomic E-state index is 4.94. The number of hydrogen-bond donors (Lipinski definition) is 0. The summed E-state index contributed by atoms with van der Waals surface area (Å²) in [6.45, 7) is 4.36. The average Bonchev–Trinajstić information content (AvgIpc) is 2.16. The Morgan fingerprint density at radius 3 is 1.93 bits per heavy atom. The second kappa shape index (κ2) is 9.82. The number of benzene rings is 1. The van der Waals surface area contributed by atoms with E-state index < -0.39 is 11.4 Å². The van der Waals surface area contributed by atoms with Gasteiger partial charge in [0, 0.05) is 0 Å². The highest BCUT2D eigenvalue weighted by Crippen LogP contribution is 2.06.